The summed E-state index contributed by atoms with van der Waals surface area (Å²) in [6.45, 7) is 5.99. The molecule has 0 saturated heterocycles. The predicted molar refractivity (Wildman–Crippen MR) is 86.4 cm³/mol. The molecule has 0 saturated carbocycles. The maximum Gasteiger partial charge on any atom is 0.247 e. The molecule has 0 unspecified atom stereocenters. The van der Waals surface area contributed by atoms with Gasteiger partial charge in [0.2, 0.25) is 5.91 Å². The first-order valence-electron chi connectivity index (χ1n) is 6.56. The summed E-state index contributed by atoms with van der Waals surface area (Å²) in [7, 11) is -3.56. The van der Waals surface area contributed by atoms with Gasteiger partial charge in [-0.2, -0.15) is 0 Å². The van der Waals surface area contributed by atoms with Crippen molar-refractivity contribution in [2.45, 2.75) is 37.7 Å². The van der Waals surface area contributed by atoms with Gasteiger partial charge in [-0.05, 0) is 39.8 Å². The van der Waals surface area contributed by atoms with Gasteiger partial charge >= 0.3 is 0 Å². The van der Waals surface area contributed by atoms with Crippen LogP contribution in [0.25, 0.3) is 10.2 Å². The van der Waals surface area contributed by atoms with Crippen LogP contribution in [0, 0.1) is 0 Å². The van der Waals surface area contributed by atoms with Crippen LogP contribution in [-0.4, -0.2) is 29.3 Å². The lowest BCUT2D eigenvalue weighted by atomic mass is 10.2. The van der Waals surface area contributed by atoms with Crippen molar-refractivity contribution in [2.75, 3.05) is 5.32 Å². The van der Waals surface area contributed by atoms with E-state index in [9.17, 15) is 13.2 Å². The van der Waals surface area contributed by atoms with E-state index in [-0.39, 0.29) is 0 Å². The number of anilines is 1. The summed E-state index contributed by atoms with van der Waals surface area (Å²) in [5.41, 5.74) is 0.780. The molecule has 1 amide bonds. The molecule has 2 aromatic rings. The van der Waals surface area contributed by atoms with E-state index in [0.29, 0.717) is 5.13 Å². The predicted octanol–water partition coefficient (Wildman–Crippen LogP) is 2.84. The zero-order valence-electron chi connectivity index (χ0n) is 12.4. The van der Waals surface area contributed by atoms with E-state index in [0.717, 1.165) is 10.2 Å². The molecule has 1 aromatic heterocycles. The van der Waals surface area contributed by atoms with Crippen molar-refractivity contribution in [3.8, 4) is 0 Å². The number of hydrogen-bond donors (Lipinski definition) is 1. The molecule has 0 aliphatic carbocycles. The normalized spacial score (nSPS) is 12.8. The Labute approximate surface area is 128 Å². The summed E-state index contributed by atoms with van der Waals surface area (Å²) < 4.78 is 24.0. The molecule has 0 aliphatic heterocycles. The molecule has 5 nitrogen and oxygen atoms in total. The van der Waals surface area contributed by atoms with Crippen LogP contribution in [0.5, 0.6) is 0 Å². The minimum Gasteiger partial charge on any atom is -0.301 e. The molecule has 0 fully saturated rings. The molecule has 0 bridgehead atoms. The Bertz CT molecular complexity index is 743. The van der Waals surface area contributed by atoms with E-state index in [1.54, 1.807) is 13.8 Å². The SMILES string of the molecule is CC(C)S(=O)(=O)C(C)(C)C(=O)Nc1nc2ccccc2s1. The van der Waals surface area contributed by atoms with E-state index in [1.165, 1.54) is 25.2 Å². The first-order valence-corrected chi connectivity index (χ1v) is 8.93. The molecule has 2 rings (SSSR count). The minimum atomic E-state index is -3.56. The van der Waals surface area contributed by atoms with E-state index in [1.807, 2.05) is 24.3 Å². The number of aromatic nitrogens is 1. The van der Waals surface area contributed by atoms with Gasteiger partial charge in [-0.15, -0.1) is 0 Å². The second kappa shape index (κ2) is 5.38. The third kappa shape index (κ3) is 2.80. The lowest BCUT2D eigenvalue weighted by molar-refractivity contribution is -0.117. The van der Waals surface area contributed by atoms with Gasteiger partial charge in [-0.3, -0.25) is 4.79 Å². The quantitative estimate of drug-likeness (QED) is 0.937. The molecule has 0 radical (unpaired) electrons. The molecular weight excluding hydrogens is 308 g/mol. The molecule has 114 valence electrons. The summed E-state index contributed by atoms with van der Waals surface area (Å²) in [6, 6.07) is 7.50. The lowest BCUT2D eigenvalue weighted by Crippen LogP contribution is -2.47. The van der Waals surface area contributed by atoms with Crippen molar-refractivity contribution in [3.63, 3.8) is 0 Å². The number of nitrogens with one attached hydrogen (secondary N) is 1. The van der Waals surface area contributed by atoms with E-state index in [4.69, 9.17) is 0 Å². The van der Waals surface area contributed by atoms with Crippen LogP contribution >= 0.6 is 11.3 Å². The summed E-state index contributed by atoms with van der Waals surface area (Å²) in [5, 5.41) is 2.42. The minimum absolute atomic E-state index is 0.410. The van der Waals surface area contributed by atoms with Gasteiger partial charge in [0.05, 0.1) is 15.5 Å². The Morgan fingerprint density at radius 2 is 1.90 bits per heavy atom. The van der Waals surface area contributed by atoms with E-state index < -0.39 is 25.7 Å². The second-order valence-electron chi connectivity index (χ2n) is 5.54. The smallest absolute Gasteiger partial charge is 0.247 e. The van der Waals surface area contributed by atoms with E-state index in [2.05, 4.69) is 10.3 Å². The molecule has 0 aliphatic rings. The Morgan fingerprint density at radius 1 is 1.29 bits per heavy atom. The van der Waals surface area contributed by atoms with Crippen molar-refractivity contribution in [2.24, 2.45) is 0 Å². The van der Waals surface area contributed by atoms with Gasteiger partial charge in [0, 0.05) is 0 Å². The highest BCUT2D eigenvalue weighted by molar-refractivity contribution is 7.94. The Balaban J connectivity index is 2.29. The Morgan fingerprint density at radius 3 is 2.48 bits per heavy atom. The monoisotopic (exact) mass is 326 g/mol. The Hall–Kier alpha value is -1.47. The number of para-hydroxylation sites is 1. The topological polar surface area (TPSA) is 76.1 Å². The van der Waals surface area contributed by atoms with Gasteiger partial charge in [0.1, 0.15) is 4.75 Å². The van der Waals surface area contributed by atoms with Crippen LogP contribution in [0.1, 0.15) is 27.7 Å². The number of thiazole rings is 1. The molecular formula is C14H18N2O3S2. The molecule has 7 heteroatoms. The first-order chi connectivity index (χ1) is 9.66. The van der Waals surface area contributed by atoms with Crippen molar-refractivity contribution in [1.82, 2.24) is 4.98 Å². The molecule has 1 N–H and O–H groups in total. The largest absolute Gasteiger partial charge is 0.301 e. The molecule has 21 heavy (non-hydrogen) atoms. The summed E-state index contributed by atoms with van der Waals surface area (Å²) in [6.07, 6.45) is 0. The first kappa shape index (κ1) is 15.9. The number of amides is 1. The summed E-state index contributed by atoms with van der Waals surface area (Å²) >= 11 is 1.32. The highest BCUT2D eigenvalue weighted by Crippen LogP contribution is 2.28. The highest BCUT2D eigenvalue weighted by atomic mass is 32.2. The fourth-order valence-electron chi connectivity index (χ4n) is 1.89. The number of fused-ring (bicyclic) bond motifs is 1. The van der Waals surface area contributed by atoms with Crippen LogP contribution in [0.3, 0.4) is 0 Å². The van der Waals surface area contributed by atoms with E-state index >= 15 is 0 Å². The van der Waals surface area contributed by atoms with Gasteiger partial charge in [0.15, 0.2) is 15.0 Å². The number of carbonyl (C=O) groups excluding carboxylic acids is 1. The van der Waals surface area contributed by atoms with Crippen molar-refractivity contribution >= 4 is 42.4 Å². The highest BCUT2D eigenvalue weighted by Gasteiger charge is 2.43. The van der Waals surface area contributed by atoms with Crippen LogP contribution in [-0.2, 0) is 14.6 Å². The van der Waals surface area contributed by atoms with Crippen LogP contribution in [0.15, 0.2) is 24.3 Å². The van der Waals surface area contributed by atoms with Gasteiger partial charge in [-0.25, -0.2) is 13.4 Å². The third-order valence-corrected chi connectivity index (χ3v) is 7.19. The number of carbonyl (C=O) groups is 1. The average molecular weight is 326 g/mol. The maximum absolute atomic E-state index is 12.3. The number of benzene rings is 1. The zero-order chi connectivity index (χ0) is 15.8. The molecule has 0 spiro atoms. The van der Waals surface area contributed by atoms with Gasteiger partial charge < -0.3 is 5.32 Å². The molecule has 1 heterocycles. The average Bonchev–Trinajstić information content (AvgIpc) is 2.80. The number of sulfone groups is 1. The van der Waals surface area contributed by atoms with Crippen LogP contribution in [0.2, 0.25) is 0 Å². The Kier molecular flexibility index (Phi) is 4.08. The zero-order valence-corrected chi connectivity index (χ0v) is 14.0. The van der Waals surface area contributed by atoms with Gasteiger partial charge in [0.25, 0.3) is 0 Å². The van der Waals surface area contributed by atoms with Gasteiger partial charge in [-0.1, -0.05) is 23.5 Å². The fourth-order valence-corrected chi connectivity index (χ4v) is 4.24. The molecule has 0 atom stereocenters. The third-order valence-electron chi connectivity index (χ3n) is 3.39. The number of hydrogen-bond acceptors (Lipinski definition) is 5. The fraction of sp³-hybridized carbons (Fsp3) is 0.429. The van der Waals surface area contributed by atoms with Crippen LogP contribution in [0.4, 0.5) is 5.13 Å². The van der Waals surface area contributed by atoms with Crippen molar-refractivity contribution in [3.05, 3.63) is 24.3 Å². The lowest BCUT2D eigenvalue weighted by Gasteiger charge is -2.25. The maximum atomic E-state index is 12.3. The second-order valence-corrected chi connectivity index (χ2v) is 9.63. The van der Waals surface area contributed by atoms with Crippen molar-refractivity contribution in [1.29, 1.82) is 0 Å². The molecule has 1 aromatic carbocycles. The standard InChI is InChI=1S/C14H18N2O3S2/c1-9(2)21(18,19)14(3,4)12(17)16-13-15-10-7-5-6-8-11(10)20-13/h5-9H,1-4H3,(H,15,16,17). The summed E-state index contributed by atoms with van der Waals surface area (Å²) in [4.78, 5) is 16.6. The van der Waals surface area contributed by atoms with Crippen LogP contribution < -0.4 is 5.32 Å². The summed E-state index contributed by atoms with van der Waals surface area (Å²) in [5.74, 6) is -0.560. The number of nitrogens with zero attached hydrogens (tertiary/aromatic N) is 1. The van der Waals surface area contributed by atoms with Crippen molar-refractivity contribution < 1.29 is 13.2 Å². The number of rotatable bonds is 4.